The zero-order chi connectivity index (χ0) is 19.7. The van der Waals surface area contributed by atoms with Crippen LogP contribution in [0.3, 0.4) is 0 Å². The van der Waals surface area contributed by atoms with Crippen molar-refractivity contribution in [3.63, 3.8) is 0 Å². The van der Waals surface area contributed by atoms with Crippen LogP contribution >= 0.6 is 0 Å². The van der Waals surface area contributed by atoms with Gasteiger partial charge in [0.2, 0.25) is 16.8 Å². The van der Waals surface area contributed by atoms with Crippen LogP contribution in [-0.2, 0) is 0 Å². The lowest BCUT2D eigenvalue weighted by Crippen LogP contribution is -2.28. The molecule has 0 atom stereocenters. The van der Waals surface area contributed by atoms with Crippen molar-refractivity contribution in [2.45, 2.75) is 141 Å². The van der Waals surface area contributed by atoms with Crippen LogP contribution < -0.4 is 0 Å². The molecular formula is C22H48F2Si2. The Balaban J connectivity index is 4.11. The molecule has 0 saturated heterocycles. The standard InChI is InChI=1S/C22H48F2Si2/c1-5-9-17-25(23,18-10-6-2)21-15-13-14-16-22-26(24,19-11-7-3)20-12-8-4/h5-22H2,1-4H3. The van der Waals surface area contributed by atoms with Gasteiger partial charge in [-0.05, 0) is 36.3 Å². The molecule has 0 aromatic carbocycles. The Morgan fingerprint density at radius 2 is 0.615 bits per heavy atom. The van der Waals surface area contributed by atoms with Gasteiger partial charge in [0, 0.05) is 0 Å². The third-order valence-corrected chi connectivity index (χ3v) is 13.4. The molecule has 0 bridgehead atoms. The molecule has 0 spiro atoms. The normalized spacial score (nSPS) is 12.7. The molecule has 0 saturated carbocycles. The zero-order valence-corrected chi connectivity index (χ0v) is 20.5. The number of hydrogen-bond donors (Lipinski definition) is 0. The maximum atomic E-state index is 15.2. The van der Waals surface area contributed by atoms with Crippen LogP contribution in [0.25, 0.3) is 0 Å². The van der Waals surface area contributed by atoms with Crippen LogP contribution in [0, 0.1) is 0 Å². The Hall–Kier alpha value is 0.294. The van der Waals surface area contributed by atoms with Crippen molar-refractivity contribution >= 4 is 16.8 Å². The summed E-state index contributed by atoms with van der Waals surface area (Å²) in [5.74, 6) is 0. The highest BCUT2D eigenvalue weighted by atomic mass is 28.4. The number of halogens is 2. The molecule has 0 aliphatic heterocycles. The van der Waals surface area contributed by atoms with Gasteiger partial charge < -0.3 is 8.22 Å². The average molecular weight is 407 g/mol. The van der Waals surface area contributed by atoms with Crippen molar-refractivity contribution in [2.24, 2.45) is 0 Å². The van der Waals surface area contributed by atoms with Crippen molar-refractivity contribution in [1.29, 1.82) is 0 Å². The Morgan fingerprint density at radius 1 is 0.385 bits per heavy atom. The van der Waals surface area contributed by atoms with Crippen molar-refractivity contribution in [3.8, 4) is 0 Å². The molecule has 0 N–H and O–H groups in total. The molecule has 0 aliphatic rings. The first-order valence-electron chi connectivity index (χ1n) is 11.8. The molecule has 0 nitrogen and oxygen atoms in total. The highest BCUT2D eigenvalue weighted by Crippen LogP contribution is 2.32. The molecule has 0 heterocycles. The Morgan fingerprint density at radius 3 is 0.846 bits per heavy atom. The van der Waals surface area contributed by atoms with E-state index in [-0.39, 0.29) is 0 Å². The van der Waals surface area contributed by atoms with Gasteiger partial charge in [0.15, 0.2) is 0 Å². The summed E-state index contributed by atoms with van der Waals surface area (Å²) < 4.78 is 30.5. The molecule has 0 fully saturated rings. The summed E-state index contributed by atoms with van der Waals surface area (Å²) >= 11 is 0. The minimum Gasteiger partial charge on any atom is -0.314 e. The van der Waals surface area contributed by atoms with Crippen molar-refractivity contribution in [2.75, 3.05) is 0 Å². The van der Waals surface area contributed by atoms with Gasteiger partial charge in [0.1, 0.15) is 0 Å². The van der Waals surface area contributed by atoms with E-state index in [4.69, 9.17) is 0 Å². The summed E-state index contributed by atoms with van der Waals surface area (Å²) in [6.45, 7) is 8.66. The highest BCUT2D eigenvalue weighted by Gasteiger charge is 2.33. The second-order valence-corrected chi connectivity index (χ2v) is 16.2. The van der Waals surface area contributed by atoms with Gasteiger partial charge in [-0.15, -0.1) is 0 Å². The third-order valence-electron chi connectivity index (χ3n) is 5.91. The molecule has 0 rings (SSSR count). The SMILES string of the molecule is CCCC[Si](F)(CCCC)CCCCCC[Si](F)(CCCC)CCCC. The van der Waals surface area contributed by atoms with E-state index in [0.29, 0.717) is 0 Å². The first-order chi connectivity index (χ1) is 12.4. The van der Waals surface area contributed by atoms with Crippen LogP contribution in [-0.4, -0.2) is 16.8 Å². The van der Waals surface area contributed by atoms with E-state index in [1.165, 1.54) is 0 Å². The molecule has 4 heteroatoms. The number of unbranched alkanes of at least 4 members (excludes halogenated alkanes) is 7. The maximum Gasteiger partial charge on any atom is 0.247 e. The average Bonchev–Trinajstić information content (AvgIpc) is 2.64. The Labute approximate surface area is 166 Å². The second kappa shape index (κ2) is 16.3. The van der Waals surface area contributed by atoms with E-state index in [2.05, 4.69) is 27.7 Å². The predicted molar refractivity (Wildman–Crippen MR) is 121 cm³/mol. The Bertz CT molecular complexity index is 265. The largest absolute Gasteiger partial charge is 0.314 e. The lowest BCUT2D eigenvalue weighted by atomic mass is 10.2. The van der Waals surface area contributed by atoms with E-state index >= 15 is 8.22 Å². The smallest absolute Gasteiger partial charge is 0.247 e. The molecule has 26 heavy (non-hydrogen) atoms. The highest BCUT2D eigenvalue weighted by molar-refractivity contribution is 6.73. The summed E-state index contributed by atoms with van der Waals surface area (Å²) in [5, 5.41) is 0. The minimum atomic E-state index is -2.49. The fourth-order valence-electron chi connectivity index (χ4n) is 3.96. The lowest BCUT2D eigenvalue weighted by Gasteiger charge is -2.23. The lowest BCUT2D eigenvalue weighted by molar-refractivity contribution is 0.624. The molecule has 0 unspecified atom stereocenters. The minimum absolute atomic E-state index is 0.858. The molecule has 158 valence electrons. The van der Waals surface area contributed by atoms with Crippen LogP contribution in [0.15, 0.2) is 0 Å². The monoisotopic (exact) mass is 406 g/mol. The third kappa shape index (κ3) is 13.5. The van der Waals surface area contributed by atoms with E-state index in [9.17, 15) is 0 Å². The zero-order valence-electron chi connectivity index (χ0n) is 18.5. The summed E-state index contributed by atoms with van der Waals surface area (Å²) in [6, 6.07) is 5.21. The predicted octanol–water partition coefficient (Wildman–Crippen LogP) is 9.58. The number of rotatable bonds is 19. The molecule has 0 radical (unpaired) electrons. The van der Waals surface area contributed by atoms with Crippen LogP contribution in [0.5, 0.6) is 0 Å². The quantitative estimate of drug-likeness (QED) is 0.114. The second-order valence-electron chi connectivity index (χ2n) is 8.63. The molecule has 0 aromatic heterocycles. The van der Waals surface area contributed by atoms with Gasteiger partial charge in [-0.3, -0.25) is 0 Å². The van der Waals surface area contributed by atoms with Gasteiger partial charge in [0.05, 0.1) is 0 Å². The Kier molecular flexibility index (Phi) is 16.5. The van der Waals surface area contributed by atoms with Crippen LogP contribution in [0.2, 0.25) is 36.3 Å². The first kappa shape index (κ1) is 26.3. The van der Waals surface area contributed by atoms with Crippen LogP contribution in [0.4, 0.5) is 8.22 Å². The van der Waals surface area contributed by atoms with Crippen molar-refractivity contribution < 1.29 is 8.22 Å². The first-order valence-corrected chi connectivity index (χ1v) is 16.8. The fourth-order valence-corrected chi connectivity index (χ4v) is 11.2. The number of hydrogen-bond acceptors (Lipinski definition) is 0. The fraction of sp³-hybridized carbons (Fsp3) is 1.00. The maximum absolute atomic E-state index is 15.2. The molecule has 0 aliphatic carbocycles. The van der Waals surface area contributed by atoms with Crippen LogP contribution in [0.1, 0.15) is 105 Å². The van der Waals surface area contributed by atoms with Gasteiger partial charge in [-0.1, -0.05) is 105 Å². The van der Waals surface area contributed by atoms with E-state index in [1.807, 2.05) is 0 Å². The molecular weight excluding hydrogens is 358 g/mol. The van der Waals surface area contributed by atoms with Gasteiger partial charge in [-0.25, -0.2) is 0 Å². The van der Waals surface area contributed by atoms with E-state index in [1.54, 1.807) is 0 Å². The van der Waals surface area contributed by atoms with Crippen molar-refractivity contribution in [1.82, 2.24) is 0 Å². The molecule has 0 aromatic rings. The van der Waals surface area contributed by atoms with Gasteiger partial charge >= 0.3 is 0 Å². The summed E-state index contributed by atoms with van der Waals surface area (Å²) in [4.78, 5) is 0. The van der Waals surface area contributed by atoms with Crippen molar-refractivity contribution in [3.05, 3.63) is 0 Å². The summed E-state index contributed by atoms with van der Waals surface area (Å²) in [6.07, 6.45) is 13.0. The van der Waals surface area contributed by atoms with Gasteiger partial charge in [0.25, 0.3) is 0 Å². The van der Waals surface area contributed by atoms with E-state index < -0.39 is 16.8 Å². The molecule has 0 amide bonds. The van der Waals surface area contributed by atoms with Gasteiger partial charge in [-0.2, -0.15) is 0 Å². The van der Waals surface area contributed by atoms with E-state index in [0.717, 1.165) is 113 Å². The topological polar surface area (TPSA) is 0 Å². The summed E-state index contributed by atoms with van der Waals surface area (Å²) in [5.41, 5.74) is 0. The summed E-state index contributed by atoms with van der Waals surface area (Å²) in [7, 11) is -4.98.